The van der Waals surface area contributed by atoms with Gasteiger partial charge in [-0.1, -0.05) is 29.8 Å². The van der Waals surface area contributed by atoms with Gasteiger partial charge in [0.1, 0.15) is 0 Å². The lowest BCUT2D eigenvalue weighted by Gasteiger charge is -2.15. The van der Waals surface area contributed by atoms with Gasteiger partial charge in [-0.2, -0.15) is 0 Å². The first-order valence-electron chi connectivity index (χ1n) is 6.25. The van der Waals surface area contributed by atoms with Crippen LogP contribution < -0.4 is 4.73 Å². The van der Waals surface area contributed by atoms with Gasteiger partial charge in [-0.15, -0.1) is 0 Å². The zero-order valence-electron chi connectivity index (χ0n) is 10.1. The normalized spacial score (nSPS) is 13.3. The van der Waals surface area contributed by atoms with E-state index in [0.717, 1.165) is 34.6 Å². The summed E-state index contributed by atoms with van der Waals surface area (Å²) in [6, 6.07) is 13.5. The Morgan fingerprint density at radius 1 is 1.16 bits per heavy atom. The van der Waals surface area contributed by atoms with Crippen LogP contribution in [0.25, 0.3) is 22.4 Å². The van der Waals surface area contributed by atoms with Crippen LogP contribution in [0.5, 0.6) is 0 Å². The molecule has 0 amide bonds. The van der Waals surface area contributed by atoms with Crippen molar-refractivity contribution in [2.24, 2.45) is 0 Å². The molecule has 4 rings (SSSR count). The second-order valence-electron chi connectivity index (χ2n) is 4.81. The van der Waals surface area contributed by atoms with E-state index in [0.29, 0.717) is 10.5 Å². The molecule has 0 atom stereocenters. The summed E-state index contributed by atoms with van der Waals surface area (Å²) in [5, 5.41) is 13.2. The summed E-state index contributed by atoms with van der Waals surface area (Å²) in [5.74, 6) is 0.721. The quantitative estimate of drug-likeness (QED) is 0.456. The number of aryl methyl sites for hydroxylation is 2. The highest BCUT2D eigenvalue weighted by Gasteiger charge is 2.28. The van der Waals surface area contributed by atoms with E-state index in [9.17, 15) is 5.21 Å². The van der Waals surface area contributed by atoms with Crippen LogP contribution in [-0.4, -0.2) is 4.57 Å². The van der Waals surface area contributed by atoms with Crippen molar-refractivity contribution in [2.75, 3.05) is 0 Å². The van der Waals surface area contributed by atoms with Crippen molar-refractivity contribution in [1.29, 1.82) is 0 Å². The number of hydrogen-bond donors (Lipinski definition) is 0. The average Bonchev–Trinajstić information content (AvgIpc) is 2.72. The second-order valence-corrected chi connectivity index (χ2v) is 5.25. The number of nitrogens with zero attached hydrogens (tertiary/aromatic N) is 2. The largest absolute Gasteiger partial charge is 0.710 e. The minimum absolute atomic E-state index is 0.659. The summed E-state index contributed by atoms with van der Waals surface area (Å²) in [7, 11) is 0. The van der Waals surface area contributed by atoms with Crippen molar-refractivity contribution >= 4 is 22.6 Å². The molecular weight excluding hydrogens is 260 g/mol. The van der Waals surface area contributed by atoms with Crippen molar-refractivity contribution in [3.05, 3.63) is 58.3 Å². The highest BCUT2D eigenvalue weighted by Crippen LogP contribution is 2.31. The molecule has 0 fully saturated rings. The lowest BCUT2D eigenvalue weighted by Crippen LogP contribution is -2.30. The molecule has 94 valence electrons. The molecule has 1 aliphatic heterocycles. The van der Waals surface area contributed by atoms with E-state index in [-0.39, 0.29) is 0 Å². The molecule has 3 aromatic rings. The van der Waals surface area contributed by atoms with Crippen LogP contribution in [0.4, 0.5) is 0 Å². The van der Waals surface area contributed by atoms with Crippen LogP contribution >= 0.6 is 11.6 Å². The Bertz CT molecular complexity index is 807. The molecule has 0 saturated carbocycles. The third-order valence-corrected chi connectivity index (χ3v) is 3.99. The molecule has 3 nitrogen and oxygen atoms in total. The Labute approximate surface area is 115 Å². The van der Waals surface area contributed by atoms with Crippen LogP contribution in [0.3, 0.4) is 0 Å². The van der Waals surface area contributed by atoms with Gasteiger partial charge in [0.2, 0.25) is 0 Å². The predicted octanol–water partition coefficient (Wildman–Crippen LogP) is 3.15. The van der Waals surface area contributed by atoms with Crippen LogP contribution in [0.1, 0.15) is 5.56 Å². The molecule has 19 heavy (non-hydrogen) atoms. The van der Waals surface area contributed by atoms with E-state index in [1.807, 2.05) is 24.3 Å². The monoisotopic (exact) mass is 270 g/mol. The third-order valence-electron chi connectivity index (χ3n) is 3.76. The molecule has 0 aliphatic carbocycles. The molecule has 0 spiro atoms. The standard InChI is InChI=1S/C15H11ClN2O/c16-11-5-6-13-14(9-11)17-8-7-10-3-1-2-4-12(10)15(17)18(13)19/h1-6,9H,7-8H2. The molecule has 1 aliphatic rings. The van der Waals surface area contributed by atoms with E-state index in [1.54, 1.807) is 12.1 Å². The van der Waals surface area contributed by atoms with Gasteiger partial charge < -0.3 is 5.21 Å². The minimum atomic E-state index is 0.659. The summed E-state index contributed by atoms with van der Waals surface area (Å²) in [4.78, 5) is 0. The van der Waals surface area contributed by atoms with Gasteiger partial charge in [-0.05, 0) is 23.8 Å². The Morgan fingerprint density at radius 2 is 2.00 bits per heavy atom. The SMILES string of the molecule is [O-][n+]1c2n(c3cc(Cl)ccc31)CCc1ccccc1-2. The van der Waals surface area contributed by atoms with E-state index in [2.05, 4.69) is 10.6 Å². The van der Waals surface area contributed by atoms with Crippen molar-refractivity contribution in [1.82, 2.24) is 4.57 Å². The first kappa shape index (κ1) is 10.9. The topological polar surface area (TPSA) is 31.9 Å². The first-order chi connectivity index (χ1) is 9.25. The molecule has 4 heteroatoms. The molecule has 1 aromatic heterocycles. The Morgan fingerprint density at radius 3 is 2.89 bits per heavy atom. The zero-order valence-corrected chi connectivity index (χ0v) is 10.9. The Balaban J connectivity index is 2.14. The number of rotatable bonds is 0. The van der Waals surface area contributed by atoms with E-state index in [4.69, 9.17) is 11.6 Å². The fourth-order valence-electron chi connectivity index (χ4n) is 2.89. The summed E-state index contributed by atoms with van der Waals surface area (Å²) in [6.07, 6.45) is 0.944. The van der Waals surface area contributed by atoms with Gasteiger partial charge in [0.05, 0.1) is 12.1 Å². The van der Waals surface area contributed by atoms with E-state index < -0.39 is 0 Å². The number of benzene rings is 2. The number of fused-ring (bicyclic) bond motifs is 5. The van der Waals surface area contributed by atoms with Gasteiger partial charge in [-0.3, -0.25) is 0 Å². The highest BCUT2D eigenvalue weighted by molar-refractivity contribution is 6.31. The number of aromatic nitrogens is 2. The molecule has 0 bridgehead atoms. The maximum atomic E-state index is 12.5. The van der Waals surface area contributed by atoms with Crippen molar-refractivity contribution < 1.29 is 4.73 Å². The van der Waals surface area contributed by atoms with Gasteiger partial charge in [0.25, 0.3) is 5.82 Å². The van der Waals surface area contributed by atoms with Crippen molar-refractivity contribution in [3.63, 3.8) is 0 Å². The fraction of sp³-hybridized carbons (Fsp3) is 0.133. The smallest absolute Gasteiger partial charge is 0.293 e. The summed E-state index contributed by atoms with van der Waals surface area (Å²) >= 11 is 6.05. The van der Waals surface area contributed by atoms with Crippen LogP contribution in [0, 0.1) is 5.21 Å². The first-order valence-corrected chi connectivity index (χ1v) is 6.63. The summed E-state index contributed by atoms with van der Waals surface area (Å²) in [5.41, 5.74) is 3.84. The van der Waals surface area contributed by atoms with Crippen LogP contribution in [0.2, 0.25) is 5.02 Å². The Kier molecular flexibility index (Phi) is 2.15. The molecule has 0 N–H and O–H groups in total. The molecule has 0 radical (unpaired) electrons. The summed E-state index contributed by atoms with van der Waals surface area (Å²) < 4.78 is 3.08. The predicted molar refractivity (Wildman–Crippen MR) is 75.0 cm³/mol. The lowest BCUT2D eigenvalue weighted by atomic mass is 10.0. The van der Waals surface area contributed by atoms with E-state index >= 15 is 0 Å². The maximum absolute atomic E-state index is 12.5. The minimum Gasteiger partial charge on any atom is -0.710 e. The number of halogens is 1. The molecule has 0 saturated heterocycles. The average molecular weight is 271 g/mol. The fourth-order valence-corrected chi connectivity index (χ4v) is 3.06. The van der Waals surface area contributed by atoms with Gasteiger partial charge in [-0.25, -0.2) is 9.30 Å². The molecule has 2 heterocycles. The molecular formula is C15H11ClN2O. The van der Waals surface area contributed by atoms with Crippen molar-refractivity contribution in [2.45, 2.75) is 13.0 Å². The molecule has 2 aromatic carbocycles. The lowest BCUT2D eigenvalue weighted by molar-refractivity contribution is -0.565. The second kappa shape index (κ2) is 3.75. The number of imidazole rings is 1. The van der Waals surface area contributed by atoms with Crippen LogP contribution in [0.15, 0.2) is 42.5 Å². The van der Waals surface area contributed by atoms with Gasteiger partial charge in [0.15, 0.2) is 11.0 Å². The maximum Gasteiger partial charge on any atom is 0.293 e. The van der Waals surface area contributed by atoms with E-state index in [1.165, 1.54) is 5.56 Å². The summed E-state index contributed by atoms with van der Waals surface area (Å²) in [6.45, 7) is 0.818. The Hall–Kier alpha value is -2.00. The zero-order chi connectivity index (χ0) is 13.0. The molecule has 0 unspecified atom stereocenters. The van der Waals surface area contributed by atoms with Crippen LogP contribution in [-0.2, 0) is 13.0 Å². The van der Waals surface area contributed by atoms with Gasteiger partial charge in [0, 0.05) is 17.5 Å². The number of hydrogen-bond acceptors (Lipinski definition) is 1. The third kappa shape index (κ3) is 1.42. The van der Waals surface area contributed by atoms with Gasteiger partial charge >= 0.3 is 0 Å². The van der Waals surface area contributed by atoms with Crippen molar-refractivity contribution in [3.8, 4) is 11.4 Å². The highest BCUT2D eigenvalue weighted by atomic mass is 35.5.